The molecule has 1 aromatic carbocycles. The van der Waals surface area contributed by atoms with Crippen LogP contribution >= 0.6 is 0 Å². The maximum atomic E-state index is 13.2. The topological polar surface area (TPSA) is 42.7 Å². The summed E-state index contributed by atoms with van der Waals surface area (Å²) >= 11 is 0. The first-order chi connectivity index (χ1) is 10.2. The number of benzene rings is 1. The fourth-order valence-corrected chi connectivity index (χ4v) is 2.16. The Morgan fingerprint density at radius 1 is 1.19 bits per heavy atom. The van der Waals surface area contributed by atoms with Crippen LogP contribution in [0.3, 0.4) is 0 Å². The van der Waals surface area contributed by atoms with Gasteiger partial charge in [-0.15, -0.1) is 0 Å². The molecule has 0 amide bonds. The monoisotopic (exact) mass is 282 g/mol. The van der Waals surface area contributed by atoms with Gasteiger partial charge in [0.25, 0.3) is 0 Å². The number of aromatic nitrogens is 3. The van der Waals surface area contributed by atoms with Gasteiger partial charge in [-0.1, -0.05) is 6.07 Å². The molecule has 1 unspecified atom stereocenters. The van der Waals surface area contributed by atoms with Gasteiger partial charge in [0, 0.05) is 24.3 Å². The predicted molar refractivity (Wildman–Crippen MR) is 79.8 cm³/mol. The number of nitrogens with one attached hydrogen (secondary N) is 1. The molecule has 106 valence electrons. The van der Waals surface area contributed by atoms with Crippen molar-refractivity contribution in [3.05, 3.63) is 72.6 Å². The van der Waals surface area contributed by atoms with Crippen LogP contribution in [0.4, 0.5) is 10.1 Å². The van der Waals surface area contributed by atoms with Crippen molar-refractivity contribution < 1.29 is 4.39 Å². The summed E-state index contributed by atoms with van der Waals surface area (Å²) in [7, 11) is 0. The molecule has 1 N–H and O–H groups in total. The lowest BCUT2D eigenvalue weighted by molar-refractivity contribution is 0.616. The Balaban J connectivity index is 1.80. The van der Waals surface area contributed by atoms with Crippen molar-refractivity contribution in [2.45, 2.75) is 13.0 Å². The molecule has 3 aromatic rings. The second kappa shape index (κ2) is 5.75. The van der Waals surface area contributed by atoms with Crippen molar-refractivity contribution in [2.24, 2.45) is 0 Å². The number of pyridine rings is 1. The number of hydrogen-bond donors (Lipinski definition) is 1. The zero-order valence-electron chi connectivity index (χ0n) is 11.6. The van der Waals surface area contributed by atoms with Crippen molar-refractivity contribution in [1.82, 2.24) is 14.8 Å². The van der Waals surface area contributed by atoms with Gasteiger partial charge in [-0.3, -0.25) is 4.98 Å². The third-order valence-corrected chi connectivity index (χ3v) is 3.22. The van der Waals surface area contributed by atoms with E-state index < -0.39 is 0 Å². The molecule has 0 aliphatic carbocycles. The number of hydrogen-bond acceptors (Lipinski definition) is 3. The minimum absolute atomic E-state index is 0.0407. The summed E-state index contributed by atoms with van der Waals surface area (Å²) < 4.78 is 15.0. The van der Waals surface area contributed by atoms with Crippen LogP contribution in [-0.2, 0) is 0 Å². The van der Waals surface area contributed by atoms with E-state index in [1.54, 1.807) is 17.1 Å². The highest BCUT2D eigenvalue weighted by atomic mass is 19.1. The van der Waals surface area contributed by atoms with E-state index in [0.717, 1.165) is 16.9 Å². The van der Waals surface area contributed by atoms with Gasteiger partial charge in [0.2, 0.25) is 0 Å². The van der Waals surface area contributed by atoms with E-state index >= 15 is 0 Å². The molecule has 0 saturated heterocycles. The molecular weight excluding hydrogens is 267 g/mol. The van der Waals surface area contributed by atoms with Crippen LogP contribution in [0.15, 0.2) is 61.2 Å². The molecule has 0 bridgehead atoms. The summed E-state index contributed by atoms with van der Waals surface area (Å²) in [6.07, 6.45) is 6.49. The summed E-state index contributed by atoms with van der Waals surface area (Å²) in [5.41, 5.74) is 2.72. The van der Waals surface area contributed by atoms with E-state index in [2.05, 4.69) is 15.4 Å². The summed E-state index contributed by atoms with van der Waals surface area (Å²) in [6.45, 7) is 1.97. The summed E-state index contributed by atoms with van der Waals surface area (Å²) in [6, 6.07) is 11.2. The molecule has 1 atom stereocenters. The predicted octanol–water partition coefficient (Wildman–Crippen LogP) is 3.58. The van der Waals surface area contributed by atoms with Crippen molar-refractivity contribution >= 4 is 5.69 Å². The van der Waals surface area contributed by atoms with Crippen LogP contribution in [-0.4, -0.2) is 14.8 Å². The molecule has 3 rings (SSSR count). The van der Waals surface area contributed by atoms with Crippen molar-refractivity contribution in [1.29, 1.82) is 0 Å². The fraction of sp³-hybridized carbons (Fsp3) is 0.125. The Labute approximate surface area is 122 Å². The van der Waals surface area contributed by atoms with Crippen LogP contribution in [0.25, 0.3) is 5.69 Å². The van der Waals surface area contributed by atoms with Gasteiger partial charge >= 0.3 is 0 Å². The largest absolute Gasteiger partial charge is 0.378 e. The van der Waals surface area contributed by atoms with Gasteiger partial charge in [0.15, 0.2) is 0 Å². The van der Waals surface area contributed by atoms with E-state index in [1.165, 1.54) is 12.3 Å². The zero-order chi connectivity index (χ0) is 14.7. The Kier molecular flexibility index (Phi) is 3.64. The van der Waals surface area contributed by atoms with Gasteiger partial charge in [-0.05, 0) is 42.8 Å². The van der Waals surface area contributed by atoms with E-state index in [-0.39, 0.29) is 11.9 Å². The average molecular weight is 282 g/mol. The maximum absolute atomic E-state index is 13.2. The first kappa shape index (κ1) is 13.3. The first-order valence-electron chi connectivity index (χ1n) is 6.69. The molecule has 2 heterocycles. The molecular formula is C16H15FN4. The molecule has 0 aliphatic heterocycles. The third-order valence-electron chi connectivity index (χ3n) is 3.22. The average Bonchev–Trinajstić information content (AvgIpc) is 3.02. The molecule has 21 heavy (non-hydrogen) atoms. The quantitative estimate of drug-likeness (QED) is 0.795. The van der Waals surface area contributed by atoms with Crippen LogP contribution in [0.5, 0.6) is 0 Å². The van der Waals surface area contributed by atoms with Gasteiger partial charge in [0.1, 0.15) is 5.82 Å². The lowest BCUT2D eigenvalue weighted by Gasteiger charge is -2.16. The van der Waals surface area contributed by atoms with Crippen LogP contribution < -0.4 is 5.32 Å². The Morgan fingerprint density at radius 2 is 2.10 bits per heavy atom. The fourth-order valence-electron chi connectivity index (χ4n) is 2.16. The van der Waals surface area contributed by atoms with Gasteiger partial charge in [0.05, 0.1) is 17.9 Å². The molecule has 0 aliphatic rings. The third kappa shape index (κ3) is 3.08. The molecule has 0 saturated carbocycles. The van der Waals surface area contributed by atoms with Crippen molar-refractivity contribution in [3.8, 4) is 5.69 Å². The zero-order valence-corrected chi connectivity index (χ0v) is 11.6. The Morgan fingerprint density at radius 3 is 2.86 bits per heavy atom. The minimum atomic E-state index is -0.327. The smallest absolute Gasteiger partial charge is 0.141 e. The molecule has 5 heteroatoms. The lowest BCUT2D eigenvalue weighted by atomic mass is 10.1. The SMILES string of the molecule is CC(Nc1cccc(-n2cccn2)c1)c1cncc(F)c1. The van der Waals surface area contributed by atoms with E-state index in [9.17, 15) is 4.39 Å². The Hall–Kier alpha value is -2.69. The molecule has 0 radical (unpaired) electrons. The lowest BCUT2D eigenvalue weighted by Crippen LogP contribution is -2.08. The van der Waals surface area contributed by atoms with Crippen molar-refractivity contribution in [2.75, 3.05) is 5.32 Å². The second-order valence-corrected chi connectivity index (χ2v) is 4.80. The maximum Gasteiger partial charge on any atom is 0.141 e. The highest BCUT2D eigenvalue weighted by Crippen LogP contribution is 2.21. The number of nitrogens with zero attached hydrogens (tertiary/aromatic N) is 3. The highest BCUT2D eigenvalue weighted by Gasteiger charge is 2.07. The van der Waals surface area contributed by atoms with Gasteiger partial charge < -0.3 is 5.32 Å². The van der Waals surface area contributed by atoms with Crippen LogP contribution in [0.1, 0.15) is 18.5 Å². The molecule has 0 spiro atoms. The van der Waals surface area contributed by atoms with Crippen LogP contribution in [0, 0.1) is 5.82 Å². The minimum Gasteiger partial charge on any atom is -0.378 e. The summed E-state index contributed by atoms with van der Waals surface area (Å²) in [5, 5.41) is 7.55. The summed E-state index contributed by atoms with van der Waals surface area (Å²) in [4.78, 5) is 3.88. The molecule has 0 fully saturated rings. The van der Waals surface area contributed by atoms with Crippen LogP contribution in [0.2, 0.25) is 0 Å². The summed E-state index contributed by atoms with van der Waals surface area (Å²) in [5.74, 6) is -0.327. The van der Waals surface area contributed by atoms with E-state index in [0.29, 0.717) is 0 Å². The Bertz CT molecular complexity index is 725. The number of halogens is 1. The number of anilines is 1. The normalized spacial score (nSPS) is 12.1. The van der Waals surface area contributed by atoms with Gasteiger partial charge in [-0.25, -0.2) is 9.07 Å². The van der Waals surface area contributed by atoms with Crippen molar-refractivity contribution in [3.63, 3.8) is 0 Å². The standard InChI is InChI=1S/C16H15FN4/c1-12(13-8-14(17)11-18-10-13)20-15-4-2-5-16(9-15)21-7-3-6-19-21/h2-12,20H,1H3. The van der Waals surface area contributed by atoms with E-state index in [4.69, 9.17) is 0 Å². The number of rotatable bonds is 4. The highest BCUT2D eigenvalue weighted by molar-refractivity contribution is 5.52. The molecule has 4 nitrogen and oxygen atoms in total. The van der Waals surface area contributed by atoms with E-state index in [1.807, 2.05) is 43.5 Å². The second-order valence-electron chi connectivity index (χ2n) is 4.80. The van der Waals surface area contributed by atoms with Gasteiger partial charge in [-0.2, -0.15) is 5.10 Å². The molecule has 2 aromatic heterocycles. The first-order valence-corrected chi connectivity index (χ1v) is 6.69.